The summed E-state index contributed by atoms with van der Waals surface area (Å²) in [4.78, 5) is 0. The van der Waals surface area contributed by atoms with Crippen LogP contribution in [0.1, 0.15) is 39.0 Å². The molecule has 0 fully saturated rings. The summed E-state index contributed by atoms with van der Waals surface area (Å²) in [6.07, 6.45) is 1.99. The minimum atomic E-state index is -2.89. The smallest absolute Gasteiger partial charge is 0.151 e. The molecule has 0 aliphatic heterocycles. The van der Waals surface area contributed by atoms with Crippen molar-refractivity contribution in [2.75, 3.05) is 18.1 Å². The van der Waals surface area contributed by atoms with E-state index in [0.29, 0.717) is 13.1 Å². The Morgan fingerprint density at radius 3 is 2.53 bits per heavy atom. The first-order chi connectivity index (χ1) is 8.65. The summed E-state index contributed by atoms with van der Waals surface area (Å²) in [5.74, 6) is 0.392. The van der Waals surface area contributed by atoms with Gasteiger partial charge in [0, 0.05) is 43.1 Å². The van der Waals surface area contributed by atoms with Crippen molar-refractivity contribution in [3.63, 3.8) is 0 Å². The fraction of sp³-hybridized carbons (Fsp3) is 0.769. The summed E-state index contributed by atoms with van der Waals surface area (Å²) in [6, 6.07) is 0. The van der Waals surface area contributed by atoms with Crippen molar-refractivity contribution in [3.05, 3.63) is 17.5 Å². The third kappa shape index (κ3) is 4.95. The van der Waals surface area contributed by atoms with Crippen LogP contribution in [0.15, 0.2) is 6.20 Å². The fourth-order valence-electron chi connectivity index (χ4n) is 1.89. The van der Waals surface area contributed by atoms with Crippen molar-refractivity contribution >= 4 is 9.84 Å². The van der Waals surface area contributed by atoms with E-state index in [9.17, 15) is 8.42 Å². The quantitative estimate of drug-likeness (QED) is 0.800. The van der Waals surface area contributed by atoms with E-state index in [1.54, 1.807) is 11.6 Å². The van der Waals surface area contributed by atoms with Crippen LogP contribution in [-0.4, -0.2) is 36.2 Å². The van der Waals surface area contributed by atoms with Crippen molar-refractivity contribution in [2.24, 2.45) is 7.05 Å². The molecule has 0 aromatic carbocycles. The largest absolute Gasteiger partial charge is 0.312 e. The van der Waals surface area contributed by atoms with Crippen LogP contribution in [0.2, 0.25) is 0 Å². The van der Waals surface area contributed by atoms with E-state index in [-0.39, 0.29) is 16.9 Å². The van der Waals surface area contributed by atoms with E-state index in [2.05, 4.69) is 31.2 Å². The number of rotatable bonds is 6. The van der Waals surface area contributed by atoms with Crippen LogP contribution >= 0.6 is 0 Å². The summed E-state index contributed by atoms with van der Waals surface area (Å²) in [5.41, 5.74) is 2.18. The van der Waals surface area contributed by atoms with Gasteiger partial charge in [-0.25, -0.2) is 8.42 Å². The van der Waals surface area contributed by atoms with Crippen LogP contribution in [0.25, 0.3) is 0 Å². The molecule has 0 unspecified atom stereocenters. The maximum absolute atomic E-state index is 11.4. The Kier molecular flexibility index (Phi) is 5.15. The highest BCUT2D eigenvalue weighted by Gasteiger charge is 2.21. The number of hydrogen-bond donors (Lipinski definition) is 1. The number of sulfone groups is 1. The van der Waals surface area contributed by atoms with E-state index in [1.165, 1.54) is 0 Å². The first-order valence-electron chi connectivity index (χ1n) is 6.60. The molecule has 0 aliphatic rings. The molecule has 0 spiro atoms. The Hall–Kier alpha value is -0.880. The van der Waals surface area contributed by atoms with Crippen molar-refractivity contribution in [1.29, 1.82) is 0 Å². The van der Waals surface area contributed by atoms with Crippen LogP contribution in [-0.2, 0) is 28.8 Å². The van der Waals surface area contributed by atoms with Gasteiger partial charge >= 0.3 is 0 Å². The summed E-state index contributed by atoms with van der Waals surface area (Å²) in [5, 5.41) is 7.67. The second-order valence-electron chi connectivity index (χ2n) is 5.84. The Morgan fingerprint density at radius 1 is 1.37 bits per heavy atom. The van der Waals surface area contributed by atoms with Gasteiger partial charge in [0.1, 0.15) is 0 Å². The Morgan fingerprint density at radius 2 is 2.00 bits per heavy atom. The van der Waals surface area contributed by atoms with Gasteiger partial charge in [-0.2, -0.15) is 5.10 Å². The minimum absolute atomic E-state index is 0.00618. The SMILES string of the molecule is CCS(=O)(=O)CCNCc1cn(C)nc1C(C)(C)C. The zero-order valence-corrected chi connectivity index (χ0v) is 13.3. The molecule has 1 aromatic rings. The molecule has 0 aliphatic carbocycles. The lowest BCUT2D eigenvalue weighted by Crippen LogP contribution is -2.25. The highest BCUT2D eigenvalue weighted by molar-refractivity contribution is 7.91. The van der Waals surface area contributed by atoms with E-state index in [4.69, 9.17) is 0 Å². The van der Waals surface area contributed by atoms with Crippen LogP contribution in [0.4, 0.5) is 0 Å². The van der Waals surface area contributed by atoms with Gasteiger partial charge in [-0.1, -0.05) is 27.7 Å². The highest BCUT2D eigenvalue weighted by atomic mass is 32.2. The molecule has 1 rings (SSSR count). The van der Waals surface area contributed by atoms with Crippen molar-refractivity contribution in [3.8, 4) is 0 Å². The first-order valence-corrected chi connectivity index (χ1v) is 8.42. The number of aryl methyl sites for hydroxylation is 1. The average Bonchev–Trinajstić information content (AvgIpc) is 2.66. The Balaban J connectivity index is 2.59. The Labute approximate surface area is 116 Å². The van der Waals surface area contributed by atoms with Crippen LogP contribution < -0.4 is 5.32 Å². The standard InChI is InChI=1S/C13H25N3O2S/c1-6-19(17,18)8-7-14-9-11-10-16(5)15-12(11)13(2,3)4/h10,14H,6-9H2,1-5H3. The molecule has 110 valence electrons. The molecule has 19 heavy (non-hydrogen) atoms. The first kappa shape index (κ1) is 16.2. The van der Waals surface area contributed by atoms with Gasteiger partial charge in [-0.3, -0.25) is 4.68 Å². The van der Waals surface area contributed by atoms with Gasteiger partial charge in [0.25, 0.3) is 0 Å². The molecule has 1 heterocycles. The molecule has 6 heteroatoms. The molecule has 0 amide bonds. The van der Waals surface area contributed by atoms with E-state index in [0.717, 1.165) is 11.3 Å². The molecule has 0 atom stereocenters. The molecular formula is C13H25N3O2S. The molecule has 0 bridgehead atoms. The fourth-order valence-corrected chi connectivity index (χ4v) is 2.64. The summed E-state index contributed by atoms with van der Waals surface area (Å²) < 4.78 is 24.6. The zero-order chi connectivity index (χ0) is 14.7. The number of nitrogens with zero attached hydrogens (tertiary/aromatic N) is 2. The van der Waals surface area contributed by atoms with E-state index in [1.807, 2.05) is 13.2 Å². The second kappa shape index (κ2) is 6.05. The molecule has 1 aromatic heterocycles. The molecule has 1 N–H and O–H groups in total. The summed E-state index contributed by atoms with van der Waals surface area (Å²) >= 11 is 0. The Bertz CT molecular complexity index is 512. The van der Waals surface area contributed by atoms with Crippen molar-refractivity contribution in [2.45, 2.75) is 39.7 Å². The average molecular weight is 287 g/mol. The van der Waals surface area contributed by atoms with Crippen LogP contribution in [0.5, 0.6) is 0 Å². The van der Waals surface area contributed by atoms with E-state index < -0.39 is 9.84 Å². The summed E-state index contributed by atoms with van der Waals surface area (Å²) in [7, 11) is -0.988. The normalized spacial score (nSPS) is 12.9. The third-order valence-corrected chi connectivity index (χ3v) is 4.67. The second-order valence-corrected chi connectivity index (χ2v) is 8.31. The minimum Gasteiger partial charge on any atom is -0.312 e. The molecule has 0 saturated heterocycles. The molecular weight excluding hydrogens is 262 g/mol. The number of nitrogens with one attached hydrogen (secondary N) is 1. The lowest BCUT2D eigenvalue weighted by Gasteiger charge is -2.17. The predicted octanol–water partition coefficient (Wildman–Crippen LogP) is 1.24. The van der Waals surface area contributed by atoms with Gasteiger partial charge in [0.2, 0.25) is 0 Å². The number of hydrogen-bond acceptors (Lipinski definition) is 4. The van der Waals surface area contributed by atoms with Gasteiger partial charge in [0.05, 0.1) is 11.4 Å². The topological polar surface area (TPSA) is 64.0 Å². The number of aromatic nitrogens is 2. The highest BCUT2D eigenvalue weighted by Crippen LogP contribution is 2.23. The predicted molar refractivity (Wildman–Crippen MR) is 77.9 cm³/mol. The molecule has 0 radical (unpaired) electrons. The van der Waals surface area contributed by atoms with Gasteiger partial charge in [-0.05, 0) is 0 Å². The monoisotopic (exact) mass is 287 g/mol. The van der Waals surface area contributed by atoms with E-state index >= 15 is 0 Å². The maximum atomic E-state index is 11.4. The van der Waals surface area contributed by atoms with Crippen molar-refractivity contribution < 1.29 is 8.42 Å². The maximum Gasteiger partial charge on any atom is 0.151 e. The lowest BCUT2D eigenvalue weighted by molar-refractivity contribution is 0.544. The van der Waals surface area contributed by atoms with Crippen LogP contribution in [0, 0.1) is 0 Å². The summed E-state index contributed by atoms with van der Waals surface area (Å²) in [6.45, 7) is 9.18. The van der Waals surface area contributed by atoms with Crippen molar-refractivity contribution in [1.82, 2.24) is 15.1 Å². The van der Waals surface area contributed by atoms with Gasteiger partial charge in [0.15, 0.2) is 9.84 Å². The zero-order valence-electron chi connectivity index (χ0n) is 12.5. The molecule has 0 saturated carbocycles. The third-order valence-electron chi connectivity index (χ3n) is 2.96. The lowest BCUT2D eigenvalue weighted by atomic mass is 9.89. The van der Waals surface area contributed by atoms with Crippen LogP contribution in [0.3, 0.4) is 0 Å². The van der Waals surface area contributed by atoms with Gasteiger partial charge < -0.3 is 5.32 Å². The van der Waals surface area contributed by atoms with Gasteiger partial charge in [-0.15, -0.1) is 0 Å². The molecule has 5 nitrogen and oxygen atoms in total.